The lowest BCUT2D eigenvalue weighted by atomic mass is 9.83. The molecular weight excluding hydrogens is 382 g/mol. The molecule has 30 heavy (non-hydrogen) atoms. The smallest absolute Gasteiger partial charge is 0.332 e. The van der Waals surface area contributed by atoms with Crippen LogP contribution in [0.15, 0.2) is 30.5 Å². The summed E-state index contributed by atoms with van der Waals surface area (Å²) in [6.07, 6.45) is 7.06. The van der Waals surface area contributed by atoms with Crippen molar-refractivity contribution in [1.82, 2.24) is 15.0 Å². The highest BCUT2D eigenvalue weighted by molar-refractivity contribution is 5.83. The first kappa shape index (κ1) is 20.1. The average molecular weight is 409 g/mol. The van der Waals surface area contributed by atoms with Gasteiger partial charge in [-0.1, -0.05) is 18.2 Å². The third-order valence-corrected chi connectivity index (χ3v) is 5.89. The number of nitrogens with two attached hydrogens (primary N) is 2. The average Bonchev–Trinajstić information content (AvgIpc) is 3.12. The second-order valence-corrected chi connectivity index (χ2v) is 8.01. The molecule has 2 aromatic heterocycles. The van der Waals surface area contributed by atoms with Gasteiger partial charge in [0.2, 0.25) is 11.8 Å². The van der Waals surface area contributed by atoms with Gasteiger partial charge in [-0.3, -0.25) is 10.1 Å². The SMILES string of the molecule is Nc1nc(NCCc2c[nH]c3ccccc23)nc(C[C@H]2CC[C@H](N)CC2)c1[N+](=O)[O-]. The monoisotopic (exact) mass is 409 g/mol. The van der Waals surface area contributed by atoms with Crippen LogP contribution in [-0.2, 0) is 12.8 Å². The van der Waals surface area contributed by atoms with Crippen LogP contribution in [0.4, 0.5) is 17.5 Å². The van der Waals surface area contributed by atoms with Crippen molar-refractivity contribution in [3.63, 3.8) is 0 Å². The number of hydrogen-bond acceptors (Lipinski definition) is 7. The first-order valence-electron chi connectivity index (χ1n) is 10.4. The van der Waals surface area contributed by atoms with Gasteiger partial charge in [-0.2, -0.15) is 4.98 Å². The highest BCUT2D eigenvalue weighted by Crippen LogP contribution is 2.31. The molecule has 4 rings (SSSR count). The van der Waals surface area contributed by atoms with E-state index in [9.17, 15) is 10.1 Å². The molecule has 0 aliphatic heterocycles. The zero-order valence-corrected chi connectivity index (χ0v) is 16.8. The van der Waals surface area contributed by atoms with Crippen molar-refractivity contribution < 1.29 is 4.92 Å². The maximum absolute atomic E-state index is 11.5. The first-order chi connectivity index (χ1) is 14.5. The molecule has 1 aromatic carbocycles. The van der Waals surface area contributed by atoms with Gasteiger partial charge in [-0.25, -0.2) is 4.98 Å². The van der Waals surface area contributed by atoms with Crippen LogP contribution in [0.3, 0.4) is 0 Å². The van der Waals surface area contributed by atoms with Crippen LogP contribution in [0.2, 0.25) is 0 Å². The molecule has 9 nitrogen and oxygen atoms in total. The number of H-pyrrole nitrogens is 1. The predicted molar refractivity (Wildman–Crippen MR) is 117 cm³/mol. The Morgan fingerprint density at radius 2 is 1.97 bits per heavy atom. The molecule has 0 radical (unpaired) electrons. The number of aromatic nitrogens is 3. The van der Waals surface area contributed by atoms with E-state index in [2.05, 4.69) is 26.3 Å². The van der Waals surface area contributed by atoms with E-state index >= 15 is 0 Å². The molecule has 0 unspecified atom stereocenters. The van der Waals surface area contributed by atoms with Crippen LogP contribution < -0.4 is 16.8 Å². The number of nitrogens with zero attached hydrogens (tertiary/aromatic N) is 3. The minimum Gasteiger partial charge on any atom is -0.378 e. The number of nitro groups is 1. The van der Waals surface area contributed by atoms with Crippen LogP contribution in [0.1, 0.15) is 36.9 Å². The number of rotatable bonds is 7. The van der Waals surface area contributed by atoms with Crippen LogP contribution in [0.5, 0.6) is 0 Å². The van der Waals surface area contributed by atoms with E-state index < -0.39 is 4.92 Å². The number of anilines is 2. The molecule has 0 saturated heterocycles. The van der Waals surface area contributed by atoms with Gasteiger partial charge < -0.3 is 21.8 Å². The van der Waals surface area contributed by atoms with E-state index in [1.54, 1.807) is 0 Å². The Hall–Kier alpha value is -3.20. The van der Waals surface area contributed by atoms with Crippen molar-refractivity contribution in [2.24, 2.45) is 11.7 Å². The quantitative estimate of drug-likeness (QED) is 0.346. The first-order valence-corrected chi connectivity index (χ1v) is 10.4. The third-order valence-electron chi connectivity index (χ3n) is 5.89. The van der Waals surface area contributed by atoms with Crippen LogP contribution in [-0.4, -0.2) is 32.5 Å². The fraction of sp³-hybridized carbons (Fsp3) is 0.429. The molecule has 9 heteroatoms. The Morgan fingerprint density at radius 1 is 1.20 bits per heavy atom. The van der Waals surface area contributed by atoms with Crippen LogP contribution >= 0.6 is 0 Å². The van der Waals surface area contributed by atoms with E-state index in [1.165, 1.54) is 10.9 Å². The molecule has 0 bridgehead atoms. The van der Waals surface area contributed by atoms with E-state index in [0.717, 1.165) is 37.6 Å². The maximum Gasteiger partial charge on any atom is 0.332 e. The lowest BCUT2D eigenvalue weighted by molar-refractivity contribution is -0.385. The summed E-state index contributed by atoms with van der Waals surface area (Å²) in [7, 11) is 0. The van der Waals surface area contributed by atoms with Gasteiger partial charge in [0.15, 0.2) is 0 Å². The van der Waals surface area contributed by atoms with Gasteiger partial charge >= 0.3 is 5.69 Å². The molecule has 1 aliphatic rings. The lowest BCUT2D eigenvalue weighted by Gasteiger charge is -2.25. The molecule has 1 fully saturated rings. The molecule has 3 aromatic rings. The topological polar surface area (TPSA) is 149 Å². The maximum atomic E-state index is 11.5. The fourth-order valence-corrected chi connectivity index (χ4v) is 4.25. The summed E-state index contributed by atoms with van der Waals surface area (Å²) >= 11 is 0. The molecule has 6 N–H and O–H groups in total. The number of benzene rings is 1. The van der Waals surface area contributed by atoms with Crippen molar-refractivity contribution >= 4 is 28.4 Å². The minimum atomic E-state index is -0.477. The van der Waals surface area contributed by atoms with Crippen molar-refractivity contribution in [3.05, 3.63) is 51.8 Å². The van der Waals surface area contributed by atoms with E-state index in [-0.39, 0.29) is 17.5 Å². The molecule has 0 atom stereocenters. The Kier molecular flexibility index (Phi) is 5.80. The van der Waals surface area contributed by atoms with Gasteiger partial charge in [-0.15, -0.1) is 0 Å². The molecular formula is C21H27N7O2. The highest BCUT2D eigenvalue weighted by Gasteiger charge is 2.27. The molecule has 0 spiro atoms. The second kappa shape index (κ2) is 8.66. The largest absolute Gasteiger partial charge is 0.378 e. The van der Waals surface area contributed by atoms with Crippen molar-refractivity contribution in [3.8, 4) is 0 Å². The summed E-state index contributed by atoms with van der Waals surface area (Å²) in [6, 6.07) is 8.36. The minimum absolute atomic E-state index is 0.0906. The van der Waals surface area contributed by atoms with Crippen molar-refractivity contribution in [2.75, 3.05) is 17.6 Å². The van der Waals surface area contributed by atoms with Gasteiger partial charge in [-0.05, 0) is 56.1 Å². The fourth-order valence-electron chi connectivity index (χ4n) is 4.25. The molecule has 2 heterocycles. The van der Waals surface area contributed by atoms with E-state index in [1.807, 2.05) is 24.4 Å². The number of para-hydroxylation sites is 1. The zero-order chi connectivity index (χ0) is 21.1. The van der Waals surface area contributed by atoms with Crippen LogP contribution in [0.25, 0.3) is 10.9 Å². The summed E-state index contributed by atoms with van der Waals surface area (Å²) in [5, 5.41) is 15.9. The summed E-state index contributed by atoms with van der Waals surface area (Å²) in [5.74, 6) is 0.574. The molecule has 0 amide bonds. The lowest BCUT2D eigenvalue weighted by Crippen LogP contribution is -2.27. The number of hydrogen-bond donors (Lipinski definition) is 4. The van der Waals surface area contributed by atoms with Gasteiger partial charge in [0.1, 0.15) is 5.69 Å². The third kappa shape index (κ3) is 4.35. The normalized spacial score (nSPS) is 19.1. The number of fused-ring (bicyclic) bond motifs is 1. The summed E-state index contributed by atoms with van der Waals surface area (Å²) in [4.78, 5) is 22.9. The second-order valence-electron chi connectivity index (χ2n) is 8.01. The predicted octanol–water partition coefficient (Wildman–Crippen LogP) is 3.16. The summed E-state index contributed by atoms with van der Waals surface area (Å²) in [6.45, 7) is 0.594. The summed E-state index contributed by atoms with van der Waals surface area (Å²) in [5.41, 5.74) is 14.4. The standard InChI is InChI=1S/C21H27N7O2/c22-15-7-5-13(6-8-15)11-18-19(28(29)30)20(23)27-21(26-18)24-10-9-14-12-25-17-4-2-1-3-16(14)17/h1-4,12-13,15,25H,5-11,22H2,(H3,23,24,26,27)/t13-,15-. The Balaban J connectivity index is 1.47. The van der Waals surface area contributed by atoms with Gasteiger partial charge in [0, 0.05) is 29.7 Å². The number of aromatic amines is 1. The van der Waals surface area contributed by atoms with E-state index in [4.69, 9.17) is 11.5 Å². The summed E-state index contributed by atoms with van der Waals surface area (Å²) < 4.78 is 0. The molecule has 1 aliphatic carbocycles. The molecule has 1 saturated carbocycles. The van der Waals surface area contributed by atoms with Crippen LogP contribution in [0, 0.1) is 16.0 Å². The number of nitrogen functional groups attached to an aromatic ring is 1. The highest BCUT2D eigenvalue weighted by atomic mass is 16.6. The Bertz CT molecular complexity index is 1040. The van der Waals surface area contributed by atoms with Crippen molar-refractivity contribution in [2.45, 2.75) is 44.6 Å². The van der Waals surface area contributed by atoms with E-state index in [0.29, 0.717) is 30.5 Å². The number of nitrogens with one attached hydrogen (secondary N) is 2. The van der Waals surface area contributed by atoms with Gasteiger partial charge in [0.25, 0.3) is 0 Å². The Morgan fingerprint density at radius 3 is 2.73 bits per heavy atom. The Labute approximate surface area is 174 Å². The van der Waals surface area contributed by atoms with Gasteiger partial charge in [0.05, 0.1) is 4.92 Å². The van der Waals surface area contributed by atoms with Crippen molar-refractivity contribution in [1.29, 1.82) is 0 Å². The zero-order valence-electron chi connectivity index (χ0n) is 16.8. The molecule has 158 valence electrons.